The van der Waals surface area contributed by atoms with E-state index >= 15 is 0 Å². The van der Waals surface area contributed by atoms with E-state index in [1.54, 1.807) is 12.1 Å². The molecule has 0 aromatic heterocycles. The van der Waals surface area contributed by atoms with Crippen LogP contribution >= 0.6 is 11.8 Å². The van der Waals surface area contributed by atoms with Crippen LogP contribution in [0.4, 0.5) is 13.2 Å². The third-order valence-electron chi connectivity index (χ3n) is 2.35. The summed E-state index contributed by atoms with van der Waals surface area (Å²) >= 11 is 1.26. The summed E-state index contributed by atoms with van der Waals surface area (Å²) in [5.74, 6) is 1.04. The van der Waals surface area contributed by atoms with E-state index in [9.17, 15) is 13.2 Å². The predicted molar refractivity (Wildman–Crippen MR) is 69.8 cm³/mol. The molecule has 1 nitrogen and oxygen atoms in total. The molecule has 1 rings (SSSR count). The first-order valence-corrected chi connectivity index (χ1v) is 6.86. The lowest BCUT2D eigenvalue weighted by Gasteiger charge is -2.15. The van der Waals surface area contributed by atoms with Crippen LogP contribution in [0.15, 0.2) is 23.1 Å². The van der Waals surface area contributed by atoms with Crippen molar-refractivity contribution < 1.29 is 13.2 Å². The highest BCUT2D eigenvalue weighted by Gasteiger charge is 2.33. The topological polar surface area (TPSA) is 26.0 Å². The van der Waals surface area contributed by atoms with E-state index in [2.05, 4.69) is 0 Å². The molecule has 102 valence electrons. The zero-order chi connectivity index (χ0) is 13.8. The molecule has 0 aliphatic heterocycles. The van der Waals surface area contributed by atoms with E-state index in [0.717, 1.165) is 0 Å². The van der Waals surface area contributed by atoms with Crippen LogP contribution in [0.25, 0.3) is 0 Å². The Morgan fingerprint density at radius 1 is 1.28 bits per heavy atom. The van der Waals surface area contributed by atoms with Gasteiger partial charge in [-0.15, -0.1) is 11.8 Å². The molecule has 2 N–H and O–H groups in total. The number of halogens is 3. The second-order valence-corrected chi connectivity index (χ2v) is 5.63. The molecule has 0 heterocycles. The van der Waals surface area contributed by atoms with E-state index in [1.807, 2.05) is 13.8 Å². The predicted octanol–water partition coefficient (Wildman–Crippen LogP) is 3.95. The minimum absolute atomic E-state index is 0.303. The average molecular weight is 277 g/mol. The Morgan fingerprint density at radius 2 is 1.94 bits per heavy atom. The smallest absolute Gasteiger partial charge is 0.330 e. The third kappa shape index (κ3) is 4.53. The molecule has 1 aromatic carbocycles. The molecular weight excluding hydrogens is 259 g/mol. The van der Waals surface area contributed by atoms with E-state index in [-0.39, 0.29) is 0 Å². The molecule has 0 saturated carbocycles. The van der Waals surface area contributed by atoms with Crippen LogP contribution in [0.5, 0.6) is 0 Å². The van der Waals surface area contributed by atoms with Gasteiger partial charge in [0.25, 0.3) is 0 Å². The molecule has 0 amide bonds. The van der Waals surface area contributed by atoms with Crippen LogP contribution < -0.4 is 5.73 Å². The molecule has 0 aliphatic carbocycles. The van der Waals surface area contributed by atoms with Crippen molar-refractivity contribution in [3.05, 3.63) is 29.3 Å². The van der Waals surface area contributed by atoms with Crippen molar-refractivity contribution in [3.63, 3.8) is 0 Å². The zero-order valence-corrected chi connectivity index (χ0v) is 11.4. The fraction of sp³-hybridized carbons (Fsp3) is 0.538. The molecule has 5 heteroatoms. The Hall–Kier alpha value is -0.680. The Balaban J connectivity index is 3.01. The van der Waals surface area contributed by atoms with E-state index in [4.69, 9.17) is 5.73 Å². The molecule has 18 heavy (non-hydrogen) atoms. The van der Waals surface area contributed by atoms with Crippen LogP contribution in [0.3, 0.4) is 0 Å². The van der Waals surface area contributed by atoms with Crippen molar-refractivity contribution in [1.82, 2.24) is 0 Å². The van der Waals surface area contributed by atoms with Gasteiger partial charge in [0.15, 0.2) is 0 Å². The summed E-state index contributed by atoms with van der Waals surface area (Å²) in [4.78, 5) is 0.303. The van der Waals surface area contributed by atoms with Gasteiger partial charge in [-0.1, -0.05) is 19.9 Å². The highest BCUT2D eigenvalue weighted by molar-refractivity contribution is 7.99. The fourth-order valence-electron chi connectivity index (χ4n) is 1.50. The Kier molecular flexibility index (Phi) is 5.53. The molecule has 0 saturated heterocycles. The van der Waals surface area contributed by atoms with Crippen LogP contribution in [-0.4, -0.2) is 12.3 Å². The number of rotatable bonds is 5. The Bertz CT molecular complexity index is 388. The quantitative estimate of drug-likeness (QED) is 0.825. The lowest BCUT2D eigenvalue weighted by atomic mass is 10.1. The summed E-state index contributed by atoms with van der Waals surface area (Å²) in [5.41, 5.74) is 5.46. The van der Waals surface area contributed by atoms with Crippen molar-refractivity contribution in [2.75, 3.05) is 12.3 Å². The first-order chi connectivity index (χ1) is 8.34. The van der Waals surface area contributed by atoms with E-state index in [1.165, 1.54) is 17.8 Å². The molecule has 0 spiro atoms. The highest BCUT2D eigenvalue weighted by Crippen LogP contribution is 2.37. The first-order valence-electron chi connectivity index (χ1n) is 5.87. The summed E-state index contributed by atoms with van der Waals surface area (Å²) in [5, 5.41) is 0. The van der Waals surface area contributed by atoms with Crippen molar-refractivity contribution in [2.24, 2.45) is 11.7 Å². The normalized spacial score (nSPS) is 12.2. The molecule has 0 aliphatic rings. The first kappa shape index (κ1) is 15.4. The number of hydrogen-bond acceptors (Lipinski definition) is 2. The molecule has 0 unspecified atom stereocenters. The number of alkyl halides is 3. The molecule has 0 radical (unpaired) electrons. The van der Waals surface area contributed by atoms with Crippen molar-refractivity contribution in [2.45, 2.75) is 31.3 Å². The molecule has 1 aromatic rings. The number of hydrogen-bond donors (Lipinski definition) is 1. The minimum Gasteiger partial charge on any atom is -0.330 e. The lowest BCUT2D eigenvalue weighted by Crippen LogP contribution is -2.10. The molecule has 0 fully saturated rings. The zero-order valence-electron chi connectivity index (χ0n) is 10.6. The van der Waals surface area contributed by atoms with Crippen LogP contribution in [0.2, 0.25) is 0 Å². The number of thioether (sulfide) groups is 1. The van der Waals surface area contributed by atoms with Gasteiger partial charge in [0.05, 0.1) is 5.56 Å². The largest absolute Gasteiger partial charge is 0.417 e. The SMILES string of the molecule is CC(C)CSc1ccc(CCN)cc1C(F)(F)F. The second kappa shape index (κ2) is 6.48. The highest BCUT2D eigenvalue weighted by atomic mass is 32.2. The minimum atomic E-state index is -4.30. The summed E-state index contributed by atoms with van der Waals surface area (Å²) in [6.07, 6.45) is -3.83. The summed E-state index contributed by atoms with van der Waals surface area (Å²) in [7, 11) is 0. The van der Waals surface area contributed by atoms with Crippen LogP contribution in [0.1, 0.15) is 25.0 Å². The third-order valence-corrected chi connectivity index (χ3v) is 3.85. The van der Waals surface area contributed by atoms with Crippen molar-refractivity contribution in [3.8, 4) is 0 Å². The second-order valence-electron chi connectivity index (χ2n) is 4.57. The number of nitrogens with two attached hydrogens (primary N) is 1. The summed E-state index contributed by atoms with van der Waals surface area (Å²) < 4.78 is 38.8. The van der Waals surface area contributed by atoms with Gasteiger partial charge in [-0.2, -0.15) is 13.2 Å². The van der Waals surface area contributed by atoms with E-state index < -0.39 is 11.7 Å². The monoisotopic (exact) mass is 277 g/mol. The fourth-order valence-corrected chi connectivity index (χ4v) is 2.51. The summed E-state index contributed by atoms with van der Waals surface area (Å²) in [6, 6.07) is 4.50. The van der Waals surface area contributed by atoms with Crippen LogP contribution in [-0.2, 0) is 12.6 Å². The maximum absolute atomic E-state index is 12.9. The number of benzene rings is 1. The molecule has 0 atom stereocenters. The van der Waals surface area contributed by atoms with Gasteiger partial charge < -0.3 is 5.73 Å². The maximum Gasteiger partial charge on any atom is 0.417 e. The Morgan fingerprint density at radius 3 is 2.44 bits per heavy atom. The standard InChI is InChI=1S/C13H18F3NS/c1-9(2)8-18-12-4-3-10(5-6-17)7-11(12)13(14,15)16/h3-4,7,9H,5-6,8,17H2,1-2H3. The maximum atomic E-state index is 12.9. The Labute approximate surface area is 110 Å². The van der Waals surface area contributed by atoms with Gasteiger partial charge in [-0.3, -0.25) is 0 Å². The van der Waals surface area contributed by atoms with Crippen molar-refractivity contribution >= 4 is 11.8 Å². The van der Waals surface area contributed by atoms with E-state index in [0.29, 0.717) is 35.1 Å². The van der Waals surface area contributed by atoms with Crippen molar-refractivity contribution in [1.29, 1.82) is 0 Å². The van der Waals surface area contributed by atoms with Gasteiger partial charge in [0.1, 0.15) is 0 Å². The van der Waals surface area contributed by atoms with Crippen LogP contribution in [0, 0.1) is 5.92 Å². The van der Waals surface area contributed by atoms with Gasteiger partial charge in [0, 0.05) is 10.6 Å². The van der Waals surface area contributed by atoms with Gasteiger partial charge in [-0.25, -0.2) is 0 Å². The molecular formula is C13H18F3NS. The average Bonchev–Trinajstić information content (AvgIpc) is 2.26. The molecule has 0 bridgehead atoms. The van der Waals surface area contributed by atoms with Gasteiger partial charge >= 0.3 is 6.18 Å². The van der Waals surface area contributed by atoms with Gasteiger partial charge in [-0.05, 0) is 36.6 Å². The summed E-state index contributed by atoms with van der Waals surface area (Å²) in [6.45, 7) is 4.34. The lowest BCUT2D eigenvalue weighted by molar-refractivity contribution is -0.139. The van der Waals surface area contributed by atoms with Gasteiger partial charge in [0.2, 0.25) is 0 Å².